The van der Waals surface area contributed by atoms with Crippen molar-refractivity contribution in [2.75, 3.05) is 12.4 Å². The summed E-state index contributed by atoms with van der Waals surface area (Å²) < 4.78 is 5.06. The van der Waals surface area contributed by atoms with Gasteiger partial charge in [-0.1, -0.05) is 23.7 Å². The quantitative estimate of drug-likeness (QED) is 0.884. The first-order valence-corrected chi connectivity index (χ1v) is 5.93. The van der Waals surface area contributed by atoms with E-state index in [1.165, 1.54) is 7.11 Å². The molecule has 0 aliphatic rings. The van der Waals surface area contributed by atoms with E-state index in [2.05, 4.69) is 5.32 Å². The Bertz CT molecular complexity index is 526. The molecule has 0 saturated heterocycles. The van der Waals surface area contributed by atoms with Gasteiger partial charge in [0.15, 0.2) is 11.5 Å². The molecule has 2 aromatic carbocycles. The molecule has 0 atom stereocenters. The number of ether oxygens (including phenoxy) is 1. The number of benzene rings is 2. The van der Waals surface area contributed by atoms with Crippen molar-refractivity contribution < 1.29 is 9.84 Å². The number of halogens is 1. The first-order chi connectivity index (χ1) is 8.70. The SMILES string of the molecule is COc1cccc(CNc2ccc(Cl)cc2)c1O. The van der Waals surface area contributed by atoms with Gasteiger partial charge in [-0.2, -0.15) is 0 Å². The molecule has 2 aromatic rings. The first kappa shape index (κ1) is 12.6. The van der Waals surface area contributed by atoms with E-state index >= 15 is 0 Å². The van der Waals surface area contributed by atoms with Crippen molar-refractivity contribution in [1.29, 1.82) is 0 Å². The van der Waals surface area contributed by atoms with Crippen LogP contribution in [-0.4, -0.2) is 12.2 Å². The van der Waals surface area contributed by atoms with Gasteiger partial charge in [-0.3, -0.25) is 0 Å². The molecule has 0 aliphatic carbocycles. The Morgan fingerprint density at radius 1 is 1.17 bits per heavy atom. The predicted molar refractivity (Wildman–Crippen MR) is 73.4 cm³/mol. The van der Waals surface area contributed by atoms with E-state index in [4.69, 9.17) is 16.3 Å². The zero-order valence-corrected chi connectivity index (χ0v) is 10.7. The second-order valence-electron chi connectivity index (χ2n) is 3.83. The number of hydrogen-bond donors (Lipinski definition) is 2. The van der Waals surface area contributed by atoms with E-state index in [9.17, 15) is 5.11 Å². The maximum Gasteiger partial charge on any atom is 0.162 e. The van der Waals surface area contributed by atoms with Gasteiger partial charge < -0.3 is 15.2 Å². The van der Waals surface area contributed by atoms with Crippen LogP contribution in [0.1, 0.15) is 5.56 Å². The molecule has 94 valence electrons. The molecule has 4 heteroatoms. The molecule has 18 heavy (non-hydrogen) atoms. The summed E-state index contributed by atoms with van der Waals surface area (Å²) >= 11 is 5.81. The number of phenolic OH excluding ortho intramolecular Hbond substituents is 1. The van der Waals surface area contributed by atoms with Crippen molar-refractivity contribution in [3.63, 3.8) is 0 Å². The Labute approximate surface area is 111 Å². The fraction of sp³-hybridized carbons (Fsp3) is 0.143. The normalized spacial score (nSPS) is 10.1. The van der Waals surface area contributed by atoms with Crippen LogP contribution in [-0.2, 0) is 6.54 Å². The number of hydrogen-bond acceptors (Lipinski definition) is 3. The first-order valence-electron chi connectivity index (χ1n) is 5.55. The van der Waals surface area contributed by atoms with Gasteiger partial charge in [0.05, 0.1) is 7.11 Å². The Kier molecular flexibility index (Phi) is 3.95. The van der Waals surface area contributed by atoms with E-state index < -0.39 is 0 Å². The third kappa shape index (κ3) is 2.87. The summed E-state index contributed by atoms with van der Waals surface area (Å²) in [6, 6.07) is 12.8. The average molecular weight is 264 g/mol. The molecular weight excluding hydrogens is 250 g/mol. The third-order valence-corrected chi connectivity index (χ3v) is 2.88. The van der Waals surface area contributed by atoms with Gasteiger partial charge in [0, 0.05) is 22.8 Å². The van der Waals surface area contributed by atoms with Crippen LogP contribution in [0.15, 0.2) is 42.5 Å². The zero-order valence-electron chi connectivity index (χ0n) is 9.98. The minimum atomic E-state index is 0.168. The number of methoxy groups -OCH3 is 1. The molecular formula is C14H14ClNO2. The summed E-state index contributed by atoms with van der Waals surface area (Å²) in [4.78, 5) is 0. The maximum atomic E-state index is 9.92. The maximum absolute atomic E-state index is 9.92. The van der Waals surface area contributed by atoms with Crippen molar-refractivity contribution in [2.24, 2.45) is 0 Å². The summed E-state index contributed by atoms with van der Waals surface area (Å²) in [6.45, 7) is 0.519. The molecule has 2 rings (SSSR count). The summed E-state index contributed by atoms with van der Waals surface area (Å²) in [7, 11) is 1.53. The van der Waals surface area contributed by atoms with E-state index in [1.807, 2.05) is 36.4 Å². The molecule has 0 fully saturated rings. The molecule has 0 aromatic heterocycles. The second kappa shape index (κ2) is 5.65. The molecule has 0 bridgehead atoms. The molecule has 0 radical (unpaired) electrons. The highest BCUT2D eigenvalue weighted by molar-refractivity contribution is 6.30. The lowest BCUT2D eigenvalue weighted by Crippen LogP contribution is -2.00. The van der Waals surface area contributed by atoms with Crippen LogP contribution in [0.3, 0.4) is 0 Å². The van der Waals surface area contributed by atoms with E-state index in [0.717, 1.165) is 11.3 Å². The minimum Gasteiger partial charge on any atom is -0.504 e. The standard InChI is InChI=1S/C14H14ClNO2/c1-18-13-4-2-3-10(14(13)17)9-16-12-7-5-11(15)6-8-12/h2-8,16-17H,9H2,1H3. The van der Waals surface area contributed by atoms with Gasteiger partial charge in [0.1, 0.15) is 0 Å². The van der Waals surface area contributed by atoms with Crippen LogP contribution in [0.25, 0.3) is 0 Å². The van der Waals surface area contributed by atoms with E-state index in [1.54, 1.807) is 6.07 Å². The Morgan fingerprint density at radius 3 is 2.56 bits per heavy atom. The number of aromatic hydroxyl groups is 1. The lowest BCUT2D eigenvalue weighted by Gasteiger charge is -2.10. The Morgan fingerprint density at radius 2 is 1.89 bits per heavy atom. The summed E-state index contributed by atoms with van der Waals surface area (Å²) in [5.41, 5.74) is 1.73. The summed E-state index contributed by atoms with van der Waals surface area (Å²) in [5, 5.41) is 13.8. The van der Waals surface area contributed by atoms with Crippen LogP contribution >= 0.6 is 11.6 Å². The fourth-order valence-electron chi connectivity index (χ4n) is 1.64. The van der Waals surface area contributed by atoms with Crippen molar-refractivity contribution in [1.82, 2.24) is 0 Å². The van der Waals surface area contributed by atoms with Gasteiger partial charge >= 0.3 is 0 Å². The van der Waals surface area contributed by atoms with Gasteiger partial charge in [0.25, 0.3) is 0 Å². The Hall–Kier alpha value is -1.87. The van der Waals surface area contributed by atoms with Gasteiger partial charge in [-0.05, 0) is 30.3 Å². The van der Waals surface area contributed by atoms with Crippen molar-refractivity contribution in [3.8, 4) is 11.5 Å². The smallest absolute Gasteiger partial charge is 0.162 e. The number of para-hydroxylation sites is 1. The van der Waals surface area contributed by atoms with Crippen molar-refractivity contribution in [3.05, 3.63) is 53.1 Å². The molecule has 0 aliphatic heterocycles. The summed E-state index contributed by atoms with van der Waals surface area (Å²) in [6.07, 6.45) is 0. The number of nitrogens with one attached hydrogen (secondary N) is 1. The molecule has 3 nitrogen and oxygen atoms in total. The average Bonchev–Trinajstić information content (AvgIpc) is 2.39. The van der Waals surface area contributed by atoms with E-state index in [0.29, 0.717) is 17.3 Å². The fourth-order valence-corrected chi connectivity index (χ4v) is 1.77. The second-order valence-corrected chi connectivity index (χ2v) is 4.26. The minimum absolute atomic E-state index is 0.168. The highest BCUT2D eigenvalue weighted by atomic mass is 35.5. The van der Waals surface area contributed by atoms with Gasteiger partial charge in [-0.15, -0.1) is 0 Å². The van der Waals surface area contributed by atoms with Crippen LogP contribution in [0.4, 0.5) is 5.69 Å². The van der Waals surface area contributed by atoms with Crippen LogP contribution in [0, 0.1) is 0 Å². The number of anilines is 1. The van der Waals surface area contributed by atoms with E-state index in [-0.39, 0.29) is 5.75 Å². The molecule has 0 spiro atoms. The van der Waals surface area contributed by atoms with Crippen LogP contribution in [0.5, 0.6) is 11.5 Å². The van der Waals surface area contributed by atoms with Crippen LogP contribution in [0.2, 0.25) is 5.02 Å². The molecule has 0 heterocycles. The van der Waals surface area contributed by atoms with Gasteiger partial charge in [0.2, 0.25) is 0 Å². The molecule has 0 saturated carbocycles. The lowest BCUT2D eigenvalue weighted by molar-refractivity contribution is 0.371. The van der Waals surface area contributed by atoms with Crippen molar-refractivity contribution >= 4 is 17.3 Å². The highest BCUT2D eigenvalue weighted by Gasteiger charge is 2.06. The summed E-state index contributed by atoms with van der Waals surface area (Å²) in [5.74, 6) is 0.645. The zero-order chi connectivity index (χ0) is 13.0. The number of phenols is 1. The topological polar surface area (TPSA) is 41.5 Å². The number of rotatable bonds is 4. The lowest BCUT2D eigenvalue weighted by atomic mass is 10.2. The molecule has 2 N–H and O–H groups in total. The Balaban J connectivity index is 2.08. The highest BCUT2D eigenvalue weighted by Crippen LogP contribution is 2.29. The van der Waals surface area contributed by atoms with Crippen molar-refractivity contribution in [2.45, 2.75) is 6.54 Å². The molecule has 0 amide bonds. The third-order valence-electron chi connectivity index (χ3n) is 2.63. The van der Waals surface area contributed by atoms with Crippen LogP contribution < -0.4 is 10.1 Å². The monoisotopic (exact) mass is 263 g/mol. The van der Waals surface area contributed by atoms with Gasteiger partial charge in [-0.25, -0.2) is 0 Å². The largest absolute Gasteiger partial charge is 0.504 e. The predicted octanol–water partition coefficient (Wildman–Crippen LogP) is 3.67. The molecule has 0 unspecified atom stereocenters.